The van der Waals surface area contributed by atoms with Crippen LogP contribution in [-0.2, 0) is 0 Å². The van der Waals surface area contributed by atoms with Crippen LogP contribution in [0.3, 0.4) is 0 Å². The van der Waals surface area contributed by atoms with E-state index in [0.29, 0.717) is 23.9 Å². The van der Waals surface area contributed by atoms with Gasteiger partial charge in [0.15, 0.2) is 11.5 Å². The molecule has 0 unspecified atom stereocenters. The molecule has 0 aliphatic rings. The third kappa shape index (κ3) is 3.14. The zero-order valence-corrected chi connectivity index (χ0v) is 10.4. The van der Waals surface area contributed by atoms with Crippen molar-refractivity contribution in [3.63, 3.8) is 0 Å². The minimum atomic E-state index is -0.586. The first kappa shape index (κ1) is 13.4. The van der Waals surface area contributed by atoms with E-state index in [1.807, 2.05) is 0 Å². The van der Waals surface area contributed by atoms with Gasteiger partial charge in [0, 0.05) is 5.56 Å². The highest BCUT2D eigenvalue weighted by atomic mass is 35.5. The Labute approximate surface area is 105 Å². The Hall–Kier alpha value is -1.68. The van der Waals surface area contributed by atoms with E-state index in [0.717, 1.165) is 0 Å². The standard InChI is InChI=1S/C12H13ClO4/c1-4-5-17-11-9(15-2)6-8(12(13)14)7-10(11)16-3/h4,6-7H,1,5H2,2-3H3. The van der Waals surface area contributed by atoms with E-state index in [-0.39, 0.29) is 5.56 Å². The fourth-order valence-corrected chi connectivity index (χ4v) is 1.39. The van der Waals surface area contributed by atoms with Crippen molar-refractivity contribution in [2.75, 3.05) is 20.8 Å². The van der Waals surface area contributed by atoms with Crippen molar-refractivity contribution in [2.24, 2.45) is 0 Å². The summed E-state index contributed by atoms with van der Waals surface area (Å²) in [5.74, 6) is 1.18. The summed E-state index contributed by atoms with van der Waals surface area (Å²) in [7, 11) is 2.94. The molecule has 5 heteroatoms. The molecule has 0 radical (unpaired) electrons. The molecule has 0 fully saturated rings. The molecule has 17 heavy (non-hydrogen) atoms. The van der Waals surface area contributed by atoms with Gasteiger partial charge in [0.05, 0.1) is 14.2 Å². The Balaban J connectivity index is 3.25. The fraction of sp³-hybridized carbons (Fsp3) is 0.250. The van der Waals surface area contributed by atoms with Crippen LogP contribution in [0.5, 0.6) is 17.2 Å². The lowest BCUT2D eigenvalue weighted by Crippen LogP contribution is -2.01. The van der Waals surface area contributed by atoms with Gasteiger partial charge >= 0.3 is 0 Å². The zero-order chi connectivity index (χ0) is 12.8. The topological polar surface area (TPSA) is 44.8 Å². The SMILES string of the molecule is C=CCOc1c(OC)cc(C(=O)Cl)cc1OC. The summed E-state index contributed by atoms with van der Waals surface area (Å²) in [6.07, 6.45) is 1.60. The first-order valence-corrected chi connectivity index (χ1v) is 5.21. The Morgan fingerprint density at radius 3 is 2.24 bits per heavy atom. The smallest absolute Gasteiger partial charge is 0.252 e. The lowest BCUT2D eigenvalue weighted by Gasteiger charge is -2.14. The average molecular weight is 257 g/mol. The number of rotatable bonds is 6. The maximum absolute atomic E-state index is 11.1. The Morgan fingerprint density at radius 1 is 1.35 bits per heavy atom. The van der Waals surface area contributed by atoms with Gasteiger partial charge in [-0.1, -0.05) is 12.7 Å². The van der Waals surface area contributed by atoms with Crippen molar-refractivity contribution >= 4 is 16.8 Å². The first-order valence-electron chi connectivity index (χ1n) is 4.83. The summed E-state index contributed by atoms with van der Waals surface area (Å²) >= 11 is 5.41. The van der Waals surface area contributed by atoms with Gasteiger partial charge in [-0.05, 0) is 23.7 Å². The van der Waals surface area contributed by atoms with Crippen molar-refractivity contribution in [1.29, 1.82) is 0 Å². The molecule has 0 heterocycles. The van der Waals surface area contributed by atoms with E-state index in [1.54, 1.807) is 6.08 Å². The van der Waals surface area contributed by atoms with Gasteiger partial charge in [0.25, 0.3) is 5.24 Å². The molecule has 0 amide bonds. The largest absolute Gasteiger partial charge is 0.493 e. The van der Waals surface area contributed by atoms with Crippen LogP contribution in [0.1, 0.15) is 10.4 Å². The molecule has 1 rings (SSSR count). The zero-order valence-electron chi connectivity index (χ0n) is 9.66. The molecule has 4 nitrogen and oxygen atoms in total. The summed E-state index contributed by atoms with van der Waals surface area (Å²) in [6, 6.07) is 2.99. The number of ether oxygens (including phenoxy) is 3. The first-order chi connectivity index (χ1) is 8.13. The molecule has 92 valence electrons. The highest BCUT2D eigenvalue weighted by Crippen LogP contribution is 2.38. The second-order valence-corrected chi connectivity index (χ2v) is 3.43. The minimum Gasteiger partial charge on any atom is -0.493 e. The Bertz CT molecular complexity index is 404. The predicted octanol–water partition coefficient (Wildman–Crippen LogP) is 2.65. The van der Waals surface area contributed by atoms with Gasteiger partial charge in [0.2, 0.25) is 5.75 Å². The van der Waals surface area contributed by atoms with E-state index in [9.17, 15) is 4.79 Å². The van der Waals surface area contributed by atoms with Crippen LogP contribution >= 0.6 is 11.6 Å². The number of halogens is 1. The molecule has 0 aromatic heterocycles. The van der Waals surface area contributed by atoms with E-state index < -0.39 is 5.24 Å². The Kier molecular flexibility index (Phi) is 4.84. The number of carbonyl (C=O) groups is 1. The van der Waals surface area contributed by atoms with Gasteiger partial charge < -0.3 is 14.2 Å². The fourth-order valence-electron chi connectivity index (χ4n) is 1.28. The predicted molar refractivity (Wildman–Crippen MR) is 65.4 cm³/mol. The van der Waals surface area contributed by atoms with E-state index >= 15 is 0 Å². The number of methoxy groups -OCH3 is 2. The molecule has 1 aromatic rings. The average Bonchev–Trinajstić information content (AvgIpc) is 2.34. The molecule has 0 atom stereocenters. The Morgan fingerprint density at radius 2 is 1.88 bits per heavy atom. The third-order valence-electron chi connectivity index (χ3n) is 2.03. The van der Waals surface area contributed by atoms with Crippen LogP contribution in [0.25, 0.3) is 0 Å². The van der Waals surface area contributed by atoms with Gasteiger partial charge in [-0.15, -0.1) is 0 Å². The summed E-state index contributed by atoms with van der Waals surface area (Å²) in [6.45, 7) is 3.86. The number of benzene rings is 1. The van der Waals surface area contributed by atoms with E-state index in [1.165, 1.54) is 26.4 Å². The number of hydrogen-bond acceptors (Lipinski definition) is 4. The van der Waals surface area contributed by atoms with Crippen LogP contribution in [0.2, 0.25) is 0 Å². The summed E-state index contributed by atoms with van der Waals surface area (Å²) in [4.78, 5) is 11.1. The van der Waals surface area contributed by atoms with Gasteiger partial charge in [-0.2, -0.15) is 0 Å². The van der Waals surface area contributed by atoms with Crippen LogP contribution in [-0.4, -0.2) is 26.1 Å². The molecule has 0 saturated heterocycles. The van der Waals surface area contributed by atoms with Crippen molar-refractivity contribution < 1.29 is 19.0 Å². The number of hydrogen-bond donors (Lipinski definition) is 0. The van der Waals surface area contributed by atoms with Crippen LogP contribution < -0.4 is 14.2 Å². The van der Waals surface area contributed by atoms with Gasteiger partial charge in [-0.3, -0.25) is 4.79 Å². The monoisotopic (exact) mass is 256 g/mol. The lowest BCUT2D eigenvalue weighted by atomic mass is 10.2. The van der Waals surface area contributed by atoms with Gasteiger partial charge in [-0.25, -0.2) is 0 Å². The van der Waals surface area contributed by atoms with Crippen LogP contribution in [0.15, 0.2) is 24.8 Å². The van der Waals surface area contributed by atoms with Crippen molar-refractivity contribution in [3.8, 4) is 17.2 Å². The minimum absolute atomic E-state index is 0.284. The summed E-state index contributed by atoms with van der Waals surface area (Å²) in [5, 5.41) is -0.586. The molecule has 0 bridgehead atoms. The lowest BCUT2D eigenvalue weighted by molar-refractivity contribution is 0.108. The van der Waals surface area contributed by atoms with Crippen LogP contribution in [0, 0.1) is 0 Å². The molecule has 0 N–H and O–H groups in total. The maximum Gasteiger partial charge on any atom is 0.252 e. The van der Waals surface area contributed by atoms with Crippen molar-refractivity contribution in [3.05, 3.63) is 30.4 Å². The molecule has 0 aliphatic carbocycles. The molecular formula is C12H13ClO4. The molecule has 0 spiro atoms. The van der Waals surface area contributed by atoms with E-state index in [4.69, 9.17) is 25.8 Å². The second-order valence-electron chi connectivity index (χ2n) is 3.08. The van der Waals surface area contributed by atoms with Crippen LogP contribution in [0.4, 0.5) is 0 Å². The summed E-state index contributed by atoms with van der Waals surface area (Å²) in [5.41, 5.74) is 0.284. The van der Waals surface area contributed by atoms with E-state index in [2.05, 4.69) is 6.58 Å². The molecule has 0 aliphatic heterocycles. The van der Waals surface area contributed by atoms with Gasteiger partial charge in [0.1, 0.15) is 6.61 Å². The highest BCUT2D eigenvalue weighted by Gasteiger charge is 2.16. The summed E-state index contributed by atoms with van der Waals surface area (Å²) < 4.78 is 15.7. The van der Waals surface area contributed by atoms with Crippen molar-refractivity contribution in [2.45, 2.75) is 0 Å². The maximum atomic E-state index is 11.1. The highest BCUT2D eigenvalue weighted by molar-refractivity contribution is 6.67. The normalized spacial score (nSPS) is 9.59. The quantitative estimate of drug-likeness (QED) is 0.580. The van der Waals surface area contributed by atoms with Crippen molar-refractivity contribution in [1.82, 2.24) is 0 Å². The molecule has 0 saturated carbocycles. The second kappa shape index (κ2) is 6.15. The third-order valence-corrected chi connectivity index (χ3v) is 2.25. The molecule has 1 aromatic carbocycles. The number of carbonyl (C=O) groups excluding carboxylic acids is 1. The molecular weight excluding hydrogens is 244 g/mol.